The van der Waals surface area contributed by atoms with Crippen LogP contribution in [0.4, 0.5) is 0 Å². The summed E-state index contributed by atoms with van der Waals surface area (Å²) >= 11 is 5.84. The second kappa shape index (κ2) is 5.71. The third kappa shape index (κ3) is 3.45. The zero-order valence-corrected chi connectivity index (χ0v) is 11.0. The maximum Gasteiger partial charge on any atom is 0.339 e. The SMILES string of the molecule is Cc1cccc(COc2cc(Cl)ccc2C(=O)O)n1. The van der Waals surface area contributed by atoms with Crippen molar-refractivity contribution in [2.24, 2.45) is 0 Å². The summed E-state index contributed by atoms with van der Waals surface area (Å²) in [7, 11) is 0. The number of carbonyl (C=O) groups is 1. The van der Waals surface area contributed by atoms with Gasteiger partial charge in [0.15, 0.2) is 0 Å². The Morgan fingerprint density at radius 2 is 2.16 bits per heavy atom. The van der Waals surface area contributed by atoms with Crippen LogP contribution in [0.3, 0.4) is 0 Å². The van der Waals surface area contributed by atoms with Crippen LogP contribution in [0.5, 0.6) is 5.75 Å². The van der Waals surface area contributed by atoms with Gasteiger partial charge in [0.05, 0.1) is 5.69 Å². The van der Waals surface area contributed by atoms with Crippen LogP contribution in [0.1, 0.15) is 21.7 Å². The van der Waals surface area contributed by atoms with Crippen molar-refractivity contribution < 1.29 is 14.6 Å². The fraction of sp³-hybridized carbons (Fsp3) is 0.143. The summed E-state index contributed by atoms with van der Waals surface area (Å²) in [5.74, 6) is -0.813. The van der Waals surface area contributed by atoms with Crippen molar-refractivity contribution in [3.63, 3.8) is 0 Å². The van der Waals surface area contributed by atoms with E-state index in [1.165, 1.54) is 18.2 Å². The lowest BCUT2D eigenvalue weighted by Crippen LogP contribution is -2.04. The lowest BCUT2D eigenvalue weighted by atomic mass is 10.2. The third-order valence-corrected chi connectivity index (χ3v) is 2.73. The standard InChI is InChI=1S/C14H12ClNO3/c1-9-3-2-4-11(16-9)8-19-13-7-10(15)5-6-12(13)14(17)18/h2-7H,8H2,1H3,(H,17,18). The number of hydrogen-bond acceptors (Lipinski definition) is 3. The Kier molecular flexibility index (Phi) is 4.02. The number of carboxylic acid groups (broad SMARTS) is 1. The predicted octanol–water partition coefficient (Wildman–Crippen LogP) is 3.32. The summed E-state index contributed by atoms with van der Waals surface area (Å²) in [6.07, 6.45) is 0. The van der Waals surface area contributed by atoms with Crippen LogP contribution < -0.4 is 4.74 Å². The van der Waals surface area contributed by atoms with Crippen LogP contribution in [0.15, 0.2) is 36.4 Å². The Morgan fingerprint density at radius 3 is 2.84 bits per heavy atom. The summed E-state index contributed by atoms with van der Waals surface area (Å²) in [4.78, 5) is 15.3. The monoisotopic (exact) mass is 277 g/mol. The molecule has 4 nitrogen and oxygen atoms in total. The zero-order chi connectivity index (χ0) is 13.8. The zero-order valence-electron chi connectivity index (χ0n) is 10.3. The molecule has 1 heterocycles. The first-order valence-corrected chi connectivity index (χ1v) is 6.02. The normalized spacial score (nSPS) is 10.2. The molecule has 0 saturated heterocycles. The molecule has 1 aromatic heterocycles. The first-order chi connectivity index (χ1) is 9.06. The Morgan fingerprint density at radius 1 is 1.37 bits per heavy atom. The number of carboxylic acids is 1. The third-order valence-electron chi connectivity index (χ3n) is 2.50. The van der Waals surface area contributed by atoms with Crippen LogP contribution in [-0.4, -0.2) is 16.1 Å². The van der Waals surface area contributed by atoms with E-state index in [1.807, 2.05) is 25.1 Å². The van der Waals surface area contributed by atoms with Gasteiger partial charge in [0.25, 0.3) is 0 Å². The highest BCUT2D eigenvalue weighted by atomic mass is 35.5. The van der Waals surface area contributed by atoms with E-state index in [2.05, 4.69) is 4.98 Å². The molecule has 19 heavy (non-hydrogen) atoms. The van der Waals surface area contributed by atoms with Gasteiger partial charge in [-0.3, -0.25) is 4.98 Å². The number of halogens is 1. The molecule has 2 rings (SSSR count). The highest BCUT2D eigenvalue weighted by molar-refractivity contribution is 6.30. The van der Waals surface area contributed by atoms with Crippen LogP contribution in [-0.2, 0) is 6.61 Å². The number of benzene rings is 1. The van der Waals surface area contributed by atoms with E-state index in [1.54, 1.807) is 0 Å². The maximum atomic E-state index is 11.1. The Labute approximate surface area is 115 Å². The van der Waals surface area contributed by atoms with Crippen LogP contribution in [0.2, 0.25) is 5.02 Å². The van der Waals surface area contributed by atoms with E-state index in [0.29, 0.717) is 5.02 Å². The van der Waals surface area contributed by atoms with E-state index in [4.69, 9.17) is 21.4 Å². The molecule has 0 saturated carbocycles. The average Bonchev–Trinajstić information content (AvgIpc) is 2.36. The molecule has 0 bridgehead atoms. The first-order valence-electron chi connectivity index (χ1n) is 5.64. The lowest BCUT2D eigenvalue weighted by molar-refractivity contribution is 0.0691. The number of aromatic carboxylic acids is 1. The van der Waals surface area contributed by atoms with E-state index in [9.17, 15) is 4.79 Å². The minimum atomic E-state index is -1.05. The van der Waals surface area contributed by atoms with Crippen molar-refractivity contribution in [3.8, 4) is 5.75 Å². The van der Waals surface area contributed by atoms with E-state index in [-0.39, 0.29) is 17.9 Å². The number of hydrogen-bond donors (Lipinski definition) is 1. The Balaban J connectivity index is 2.19. The van der Waals surface area contributed by atoms with Gasteiger partial charge in [-0.15, -0.1) is 0 Å². The molecule has 98 valence electrons. The molecule has 0 aliphatic rings. The van der Waals surface area contributed by atoms with Crippen LogP contribution in [0, 0.1) is 6.92 Å². The summed E-state index contributed by atoms with van der Waals surface area (Å²) in [5.41, 5.74) is 1.69. The molecular weight excluding hydrogens is 266 g/mol. The molecule has 2 aromatic rings. The minimum absolute atomic E-state index is 0.0806. The van der Waals surface area contributed by atoms with Gasteiger partial charge in [0, 0.05) is 10.7 Å². The molecule has 0 spiro atoms. The Bertz CT molecular complexity index is 613. The van der Waals surface area contributed by atoms with Gasteiger partial charge in [0.1, 0.15) is 17.9 Å². The fourth-order valence-electron chi connectivity index (χ4n) is 1.62. The summed E-state index contributed by atoms with van der Waals surface area (Å²) in [6.45, 7) is 2.08. The fourth-order valence-corrected chi connectivity index (χ4v) is 1.79. The molecule has 1 aromatic carbocycles. The van der Waals surface area contributed by atoms with Gasteiger partial charge >= 0.3 is 5.97 Å². The van der Waals surface area contributed by atoms with Crippen molar-refractivity contribution in [1.82, 2.24) is 4.98 Å². The lowest BCUT2D eigenvalue weighted by Gasteiger charge is -2.09. The first kappa shape index (κ1) is 13.4. The number of nitrogens with zero attached hydrogens (tertiary/aromatic N) is 1. The number of aromatic nitrogens is 1. The van der Waals surface area contributed by atoms with Gasteiger partial charge in [-0.1, -0.05) is 17.7 Å². The van der Waals surface area contributed by atoms with E-state index in [0.717, 1.165) is 11.4 Å². The Hall–Kier alpha value is -2.07. The highest BCUT2D eigenvalue weighted by Crippen LogP contribution is 2.24. The van der Waals surface area contributed by atoms with Gasteiger partial charge in [0.2, 0.25) is 0 Å². The molecule has 0 fully saturated rings. The van der Waals surface area contributed by atoms with Crippen molar-refractivity contribution in [2.75, 3.05) is 0 Å². The van der Waals surface area contributed by atoms with Gasteiger partial charge in [-0.25, -0.2) is 4.79 Å². The molecule has 5 heteroatoms. The van der Waals surface area contributed by atoms with Crippen molar-refractivity contribution in [3.05, 3.63) is 58.4 Å². The number of ether oxygens (including phenoxy) is 1. The topological polar surface area (TPSA) is 59.4 Å². The number of aryl methyl sites for hydroxylation is 1. The number of pyridine rings is 1. The van der Waals surface area contributed by atoms with Crippen molar-refractivity contribution in [1.29, 1.82) is 0 Å². The summed E-state index contributed by atoms with van der Waals surface area (Å²) in [5, 5.41) is 9.49. The average molecular weight is 278 g/mol. The smallest absolute Gasteiger partial charge is 0.339 e. The molecule has 0 aliphatic carbocycles. The van der Waals surface area contributed by atoms with Gasteiger partial charge < -0.3 is 9.84 Å². The van der Waals surface area contributed by atoms with Gasteiger partial charge in [-0.2, -0.15) is 0 Å². The minimum Gasteiger partial charge on any atom is -0.486 e. The molecule has 0 radical (unpaired) electrons. The predicted molar refractivity (Wildman–Crippen MR) is 71.7 cm³/mol. The quantitative estimate of drug-likeness (QED) is 0.931. The van der Waals surface area contributed by atoms with E-state index >= 15 is 0 Å². The number of rotatable bonds is 4. The van der Waals surface area contributed by atoms with E-state index < -0.39 is 5.97 Å². The molecule has 0 atom stereocenters. The molecule has 1 N–H and O–H groups in total. The van der Waals surface area contributed by atoms with Crippen LogP contribution in [0.25, 0.3) is 0 Å². The molecule has 0 aliphatic heterocycles. The second-order valence-corrected chi connectivity index (χ2v) is 4.44. The molecular formula is C14H12ClNO3. The van der Waals surface area contributed by atoms with Gasteiger partial charge in [-0.05, 0) is 37.3 Å². The molecule has 0 unspecified atom stereocenters. The van der Waals surface area contributed by atoms with Crippen LogP contribution >= 0.6 is 11.6 Å². The van der Waals surface area contributed by atoms with Crippen molar-refractivity contribution in [2.45, 2.75) is 13.5 Å². The molecule has 0 amide bonds. The summed E-state index contributed by atoms with van der Waals surface area (Å²) in [6, 6.07) is 9.99. The summed E-state index contributed by atoms with van der Waals surface area (Å²) < 4.78 is 5.49. The highest BCUT2D eigenvalue weighted by Gasteiger charge is 2.12. The largest absolute Gasteiger partial charge is 0.486 e. The maximum absolute atomic E-state index is 11.1. The second-order valence-electron chi connectivity index (χ2n) is 4.00. The van der Waals surface area contributed by atoms with Crippen molar-refractivity contribution >= 4 is 17.6 Å².